The highest BCUT2D eigenvalue weighted by atomic mass is 19.1. The molecular formula is C24H27FN8O2. The number of tetrazole rings is 1. The predicted octanol–water partition coefficient (Wildman–Crippen LogP) is 3.71. The molecule has 3 aromatic heterocycles. The predicted molar refractivity (Wildman–Crippen MR) is 126 cm³/mol. The van der Waals surface area contributed by atoms with E-state index in [1.54, 1.807) is 17.3 Å². The van der Waals surface area contributed by atoms with E-state index in [1.807, 2.05) is 43.7 Å². The first-order chi connectivity index (χ1) is 16.8. The summed E-state index contributed by atoms with van der Waals surface area (Å²) in [5.41, 5.74) is 2.19. The van der Waals surface area contributed by atoms with Crippen LogP contribution in [-0.2, 0) is 11.3 Å². The van der Waals surface area contributed by atoms with Gasteiger partial charge in [-0.3, -0.25) is 9.97 Å². The topological polar surface area (TPSA) is 104 Å². The van der Waals surface area contributed by atoms with Crippen LogP contribution in [0.3, 0.4) is 0 Å². The number of carbonyl (C=O) groups excluding carboxylic acids is 1. The Balaban J connectivity index is 1.24. The summed E-state index contributed by atoms with van der Waals surface area (Å²) in [7, 11) is 0. The SMILES string of the molecule is CC(C)(C)OC(=O)N1CCC(c2cnc(Cn3ccc4cc(-n5cnnn5)cc(F)c43)cn2)CC1. The summed E-state index contributed by atoms with van der Waals surface area (Å²) in [6, 6.07) is 5.10. The summed E-state index contributed by atoms with van der Waals surface area (Å²) in [6.45, 7) is 7.26. The van der Waals surface area contributed by atoms with E-state index in [1.165, 1.54) is 17.1 Å². The molecule has 10 nitrogen and oxygen atoms in total. The van der Waals surface area contributed by atoms with Gasteiger partial charge in [-0.2, -0.15) is 0 Å². The Labute approximate surface area is 201 Å². The van der Waals surface area contributed by atoms with Gasteiger partial charge in [-0.25, -0.2) is 13.9 Å². The van der Waals surface area contributed by atoms with Gasteiger partial charge in [-0.15, -0.1) is 5.10 Å². The van der Waals surface area contributed by atoms with Gasteiger partial charge in [0.05, 0.1) is 35.3 Å². The number of halogens is 1. The molecule has 1 aliphatic rings. The first-order valence-electron chi connectivity index (χ1n) is 11.6. The summed E-state index contributed by atoms with van der Waals surface area (Å²) in [5, 5.41) is 11.8. The van der Waals surface area contributed by atoms with E-state index < -0.39 is 5.60 Å². The molecule has 0 radical (unpaired) electrons. The van der Waals surface area contributed by atoms with Crippen molar-refractivity contribution in [1.29, 1.82) is 0 Å². The minimum atomic E-state index is -0.500. The molecule has 182 valence electrons. The minimum absolute atomic E-state index is 0.241. The van der Waals surface area contributed by atoms with E-state index in [9.17, 15) is 9.18 Å². The van der Waals surface area contributed by atoms with Gasteiger partial charge in [-0.1, -0.05) is 0 Å². The molecule has 11 heteroatoms. The van der Waals surface area contributed by atoms with Gasteiger partial charge in [0.25, 0.3) is 0 Å². The highest BCUT2D eigenvalue weighted by Gasteiger charge is 2.28. The molecule has 1 fully saturated rings. The molecule has 5 rings (SSSR count). The van der Waals surface area contributed by atoms with Crippen LogP contribution in [0.2, 0.25) is 0 Å². The zero-order valence-corrected chi connectivity index (χ0v) is 19.9. The van der Waals surface area contributed by atoms with E-state index in [4.69, 9.17) is 4.74 Å². The number of ether oxygens (including phenoxy) is 1. The number of amides is 1. The molecule has 0 aliphatic carbocycles. The van der Waals surface area contributed by atoms with Crippen LogP contribution in [0, 0.1) is 5.82 Å². The number of hydrogen-bond donors (Lipinski definition) is 0. The van der Waals surface area contributed by atoms with Crippen molar-refractivity contribution < 1.29 is 13.9 Å². The second-order valence-corrected chi connectivity index (χ2v) is 9.74. The number of aromatic nitrogens is 7. The molecule has 35 heavy (non-hydrogen) atoms. The van der Waals surface area contributed by atoms with Crippen molar-refractivity contribution in [1.82, 2.24) is 39.6 Å². The van der Waals surface area contributed by atoms with Crippen LogP contribution in [0.4, 0.5) is 9.18 Å². The highest BCUT2D eigenvalue weighted by molar-refractivity contribution is 5.83. The van der Waals surface area contributed by atoms with E-state index in [0.717, 1.165) is 29.6 Å². The van der Waals surface area contributed by atoms with Crippen molar-refractivity contribution in [3.63, 3.8) is 0 Å². The molecule has 0 spiro atoms. The van der Waals surface area contributed by atoms with Crippen molar-refractivity contribution >= 4 is 17.0 Å². The fourth-order valence-corrected chi connectivity index (χ4v) is 4.34. The third-order valence-corrected chi connectivity index (χ3v) is 6.04. The number of likely N-dealkylation sites (tertiary alicyclic amines) is 1. The first kappa shape index (κ1) is 22.9. The minimum Gasteiger partial charge on any atom is -0.444 e. The Morgan fingerprint density at radius 1 is 1.17 bits per heavy atom. The fraction of sp³-hybridized carbons (Fsp3) is 0.417. The van der Waals surface area contributed by atoms with Gasteiger partial charge >= 0.3 is 6.09 Å². The molecule has 0 N–H and O–H groups in total. The lowest BCUT2D eigenvalue weighted by Gasteiger charge is -2.33. The molecular weight excluding hydrogens is 451 g/mol. The fourth-order valence-electron chi connectivity index (χ4n) is 4.34. The lowest BCUT2D eigenvalue weighted by molar-refractivity contribution is 0.0204. The molecule has 1 aliphatic heterocycles. The average Bonchev–Trinajstić information content (AvgIpc) is 3.49. The van der Waals surface area contributed by atoms with E-state index >= 15 is 0 Å². The van der Waals surface area contributed by atoms with Crippen molar-refractivity contribution in [3.8, 4) is 5.69 Å². The van der Waals surface area contributed by atoms with Crippen LogP contribution in [0.25, 0.3) is 16.6 Å². The second-order valence-electron chi connectivity index (χ2n) is 9.74. The van der Waals surface area contributed by atoms with Crippen LogP contribution in [0.1, 0.15) is 50.9 Å². The Hall–Kier alpha value is -3.89. The van der Waals surface area contributed by atoms with Gasteiger partial charge in [0.15, 0.2) is 0 Å². The third-order valence-electron chi connectivity index (χ3n) is 6.04. The monoisotopic (exact) mass is 478 g/mol. The molecule has 1 aromatic carbocycles. The molecule has 4 heterocycles. The summed E-state index contributed by atoms with van der Waals surface area (Å²) < 4.78 is 23.6. The van der Waals surface area contributed by atoms with Gasteiger partial charge < -0.3 is 14.2 Å². The number of rotatable bonds is 4. The molecule has 0 atom stereocenters. The first-order valence-corrected chi connectivity index (χ1v) is 11.6. The Morgan fingerprint density at radius 3 is 2.63 bits per heavy atom. The van der Waals surface area contributed by atoms with Crippen molar-refractivity contribution in [2.24, 2.45) is 0 Å². The van der Waals surface area contributed by atoms with Crippen LogP contribution in [0.15, 0.2) is 43.1 Å². The standard InChI is InChI=1S/C24H27FN8O2/c1-24(2,3)35-23(34)31-7-4-16(5-8-31)21-13-26-18(12-27-21)14-32-9-6-17-10-19(11-20(25)22(17)32)33-15-28-29-30-33/h6,9-13,15-16H,4-5,7-8,14H2,1-3H3. The second kappa shape index (κ2) is 9.05. The van der Waals surface area contributed by atoms with Crippen LogP contribution in [-0.4, -0.2) is 64.4 Å². The van der Waals surface area contributed by atoms with Gasteiger partial charge in [-0.05, 0) is 56.2 Å². The number of carbonyl (C=O) groups is 1. The number of nitrogens with zero attached hydrogens (tertiary/aromatic N) is 8. The van der Waals surface area contributed by atoms with E-state index in [-0.39, 0.29) is 17.8 Å². The maximum Gasteiger partial charge on any atom is 0.410 e. The van der Waals surface area contributed by atoms with Crippen LogP contribution in [0.5, 0.6) is 0 Å². The smallest absolute Gasteiger partial charge is 0.410 e. The Kier molecular flexibility index (Phi) is 5.91. The Morgan fingerprint density at radius 2 is 1.97 bits per heavy atom. The molecule has 1 amide bonds. The van der Waals surface area contributed by atoms with E-state index in [2.05, 4.69) is 25.5 Å². The molecule has 0 bridgehead atoms. The van der Waals surface area contributed by atoms with Gasteiger partial charge in [0.2, 0.25) is 0 Å². The zero-order chi connectivity index (χ0) is 24.6. The van der Waals surface area contributed by atoms with Gasteiger partial charge in [0.1, 0.15) is 17.7 Å². The quantitative estimate of drug-likeness (QED) is 0.440. The summed E-state index contributed by atoms with van der Waals surface area (Å²) in [5.74, 6) is -0.121. The zero-order valence-electron chi connectivity index (χ0n) is 19.9. The lowest BCUT2D eigenvalue weighted by atomic mass is 9.94. The normalized spacial score (nSPS) is 15.0. The van der Waals surface area contributed by atoms with Crippen molar-refractivity contribution in [2.75, 3.05) is 13.1 Å². The lowest BCUT2D eigenvalue weighted by Crippen LogP contribution is -2.41. The number of benzene rings is 1. The molecule has 0 unspecified atom stereocenters. The van der Waals surface area contributed by atoms with E-state index in [0.29, 0.717) is 30.8 Å². The average molecular weight is 479 g/mol. The van der Waals surface area contributed by atoms with Gasteiger partial charge in [0, 0.05) is 42.9 Å². The molecule has 0 saturated carbocycles. The van der Waals surface area contributed by atoms with Crippen molar-refractivity contribution in [3.05, 3.63) is 60.3 Å². The third kappa shape index (κ3) is 4.98. The largest absolute Gasteiger partial charge is 0.444 e. The number of piperidine rings is 1. The van der Waals surface area contributed by atoms with Crippen LogP contribution >= 0.6 is 0 Å². The maximum atomic E-state index is 14.9. The highest BCUT2D eigenvalue weighted by Crippen LogP contribution is 2.28. The number of hydrogen-bond acceptors (Lipinski definition) is 7. The maximum absolute atomic E-state index is 14.9. The summed E-state index contributed by atoms with van der Waals surface area (Å²) in [6.07, 6.45) is 8.15. The summed E-state index contributed by atoms with van der Waals surface area (Å²) in [4.78, 5) is 23.3. The number of fused-ring (bicyclic) bond motifs is 1. The van der Waals surface area contributed by atoms with Crippen molar-refractivity contribution in [2.45, 2.75) is 51.7 Å². The molecule has 1 saturated heterocycles. The molecule has 4 aromatic rings. The van der Waals surface area contributed by atoms with Crippen LogP contribution < -0.4 is 0 Å². The Bertz CT molecular complexity index is 1320. The summed E-state index contributed by atoms with van der Waals surface area (Å²) >= 11 is 0.